The summed E-state index contributed by atoms with van der Waals surface area (Å²) in [6.45, 7) is 3.97. The molecular formula is C14H18O3. The predicted molar refractivity (Wildman–Crippen MR) is 65.4 cm³/mol. The second kappa shape index (κ2) is 4.40. The fourth-order valence-electron chi connectivity index (χ4n) is 2.17. The van der Waals surface area contributed by atoms with Crippen molar-refractivity contribution in [2.24, 2.45) is 0 Å². The Balaban J connectivity index is 2.10. The number of carbonyl (C=O) groups is 1. The van der Waals surface area contributed by atoms with Crippen LogP contribution in [0.5, 0.6) is 5.75 Å². The van der Waals surface area contributed by atoms with Gasteiger partial charge in [0.2, 0.25) is 0 Å². The lowest BCUT2D eigenvalue weighted by Gasteiger charge is -2.15. The number of aliphatic carboxylic acids is 1. The quantitative estimate of drug-likeness (QED) is 0.852. The number of carboxylic acids is 1. The summed E-state index contributed by atoms with van der Waals surface area (Å²) < 4.78 is 5.57. The summed E-state index contributed by atoms with van der Waals surface area (Å²) in [5, 5.41) is 8.90. The number of ether oxygens (including phenoxy) is 1. The van der Waals surface area contributed by atoms with Crippen LogP contribution in [0.3, 0.4) is 0 Å². The van der Waals surface area contributed by atoms with E-state index in [1.165, 1.54) is 0 Å². The molecule has 0 aliphatic heterocycles. The molecular weight excluding hydrogens is 216 g/mol. The molecule has 0 aromatic heterocycles. The SMILES string of the molecule is CC(C)Oc1ccc(C2(CC(=O)O)CC2)cc1. The van der Waals surface area contributed by atoms with E-state index in [2.05, 4.69) is 0 Å². The van der Waals surface area contributed by atoms with Gasteiger partial charge >= 0.3 is 5.97 Å². The zero-order valence-electron chi connectivity index (χ0n) is 10.3. The minimum Gasteiger partial charge on any atom is -0.491 e. The number of rotatable bonds is 5. The van der Waals surface area contributed by atoms with Crippen LogP contribution >= 0.6 is 0 Å². The van der Waals surface area contributed by atoms with Crippen molar-refractivity contribution in [3.63, 3.8) is 0 Å². The average molecular weight is 234 g/mol. The second-order valence-corrected chi connectivity index (χ2v) is 5.04. The highest BCUT2D eigenvalue weighted by molar-refractivity contribution is 5.70. The maximum atomic E-state index is 10.8. The summed E-state index contributed by atoms with van der Waals surface area (Å²) >= 11 is 0. The van der Waals surface area contributed by atoms with Crippen molar-refractivity contribution in [1.29, 1.82) is 0 Å². The fraction of sp³-hybridized carbons (Fsp3) is 0.500. The average Bonchev–Trinajstić information content (AvgIpc) is 2.98. The Hall–Kier alpha value is -1.51. The van der Waals surface area contributed by atoms with Gasteiger partial charge in [-0.2, -0.15) is 0 Å². The van der Waals surface area contributed by atoms with Gasteiger partial charge in [-0.15, -0.1) is 0 Å². The Morgan fingerprint density at radius 2 is 1.94 bits per heavy atom. The summed E-state index contributed by atoms with van der Waals surface area (Å²) in [4.78, 5) is 10.8. The Bertz CT molecular complexity index is 402. The van der Waals surface area contributed by atoms with E-state index < -0.39 is 5.97 Å². The first kappa shape index (κ1) is 12.0. The molecule has 0 spiro atoms. The first-order valence-corrected chi connectivity index (χ1v) is 6.01. The highest BCUT2D eigenvalue weighted by Gasteiger charge is 2.45. The zero-order valence-corrected chi connectivity index (χ0v) is 10.3. The van der Waals surface area contributed by atoms with Crippen LogP contribution in [0.25, 0.3) is 0 Å². The molecule has 1 aliphatic carbocycles. The van der Waals surface area contributed by atoms with Crippen LogP contribution in [0.15, 0.2) is 24.3 Å². The minimum atomic E-state index is -0.718. The van der Waals surface area contributed by atoms with Gasteiger partial charge in [0, 0.05) is 5.41 Å². The van der Waals surface area contributed by atoms with Crippen molar-refractivity contribution < 1.29 is 14.6 Å². The summed E-state index contributed by atoms with van der Waals surface area (Å²) in [5.74, 6) is 0.125. The van der Waals surface area contributed by atoms with Crippen LogP contribution < -0.4 is 4.74 Å². The topological polar surface area (TPSA) is 46.5 Å². The van der Waals surface area contributed by atoms with Crippen LogP contribution in [-0.2, 0) is 10.2 Å². The molecule has 1 aromatic rings. The van der Waals surface area contributed by atoms with Gasteiger partial charge in [0.15, 0.2) is 0 Å². The van der Waals surface area contributed by atoms with Gasteiger partial charge in [0.1, 0.15) is 5.75 Å². The normalized spacial score (nSPS) is 16.9. The molecule has 2 rings (SSSR count). The van der Waals surface area contributed by atoms with Crippen molar-refractivity contribution in [3.05, 3.63) is 29.8 Å². The van der Waals surface area contributed by atoms with Gasteiger partial charge in [-0.25, -0.2) is 0 Å². The lowest BCUT2D eigenvalue weighted by Crippen LogP contribution is -2.13. The largest absolute Gasteiger partial charge is 0.491 e. The van der Waals surface area contributed by atoms with Crippen molar-refractivity contribution >= 4 is 5.97 Å². The molecule has 0 amide bonds. The zero-order chi connectivity index (χ0) is 12.5. The van der Waals surface area contributed by atoms with Crippen molar-refractivity contribution in [2.45, 2.75) is 44.6 Å². The lowest BCUT2D eigenvalue weighted by molar-refractivity contribution is -0.137. The molecule has 0 atom stereocenters. The predicted octanol–water partition coefficient (Wildman–Crippen LogP) is 2.98. The van der Waals surface area contributed by atoms with E-state index in [0.29, 0.717) is 0 Å². The number of carboxylic acid groups (broad SMARTS) is 1. The standard InChI is InChI=1S/C14H18O3/c1-10(2)17-12-5-3-11(4-6-12)14(7-8-14)9-13(15)16/h3-6,10H,7-9H2,1-2H3,(H,15,16). The monoisotopic (exact) mass is 234 g/mol. The van der Waals surface area contributed by atoms with Crippen LogP contribution in [0.2, 0.25) is 0 Å². The molecule has 0 radical (unpaired) electrons. The molecule has 0 bridgehead atoms. The van der Waals surface area contributed by atoms with Gasteiger partial charge in [-0.3, -0.25) is 4.79 Å². The molecule has 1 saturated carbocycles. The second-order valence-electron chi connectivity index (χ2n) is 5.04. The third-order valence-electron chi connectivity index (χ3n) is 3.18. The van der Waals surface area contributed by atoms with Crippen LogP contribution in [0, 0.1) is 0 Å². The highest BCUT2D eigenvalue weighted by atomic mass is 16.5. The number of benzene rings is 1. The van der Waals surface area contributed by atoms with E-state index in [1.54, 1.807) is 0 Å². The van der Waals surface area contributed by atoms with Gasteiger partial charge in [0.25, 0.3) is 0 Å². The van der Waals surface area contributed by atoms with Gasteiger partial charge in [-0.1, -0.05) is 12.1 Å². The molecule has 1 aliphatic rings. The Morgan fingerprint density at radius 1 is 1.35 bits per heavy atom. The maximum Gasteiger partial charge on any atom is 0.304 e. The van der Waals surface area contributed by atoms with E-state index in [1.807, 2.05) is 38.1 Å². The van der Waals surface area contributed by atoms with Crippen LogP contribution in [0.1, 0.15) is 38.7 Å². The molecule has 17 heavy (non-hydrogen) atoms. The molecule has 0 unspecified atom stereocenters. The first-order chi connectivity index (χ1) is 8.02. The van der Waals surface area contributed by atoms with E-state index >= 15 is 0 Å². The summed E-state index contributed by atoms with van der Waals surface area (Å²) in [5.41, 5.74) is 1.01. The van der Waals surface area contributed by atoms with Gasteiger partial charge < -0.3 is 9.84 Å². The van der Waals surface area contributed by atoms with Crippen molar-refractivity contribution in [1.82, 2.24) is 0 Å². The molecule has 1 aromatic carbocycles. The molecule has 1 fully saturated rings. The van der Waals surface area contributed by atoms with Crippen LogP contribution in [0.4, 0.5) is 0 Å². The molecule has 3 nitrogen and oxygen atoms in total. The van der Waals surface area contributed by atoms with E-state index in [4.69, 9.17) is 9.84 Å². The van der Waals surface area contributed by atoms with E-state index in [-0.39, 0.29) is 17.9 Å². The Morgan fingerprint density at radius 3 is 2.35 bits per heavy atom. The fourth-order valence-corrected chi connectivity index (χ4v) is 2.17. The van der Waals surface area contributed by atoms with Gasteiger partial charge in [0.05, 0.1) is 12.5 Å². The summed E-state index contributed by atoms with van der Waals surface area (Å²) in [6.07, 6.45) is 2.35. The Labute approximate surface area is 101 Å². The van der Waals surface area contributed by atoms with E-state index in [0.717, 1.165) is 24.2 Å². The first-order valence-electron chi connectivity index (χ1n) is 6.01. The van der Waals surface area contributed by atoms with E-state index in [9.17, 15) is 4.79 Å². The summed E-state index contributed by atoms with van der Waals surface area (Å²) in [7, 11) is 0. The molecule has 3 heteroatoms. The molecule has 0 heterocycles. The lowest BCUT2D eigenvalue weighted by atomic mass is 9.92. The highest BCUT2D eigenvalue weighted by Crippen LogP contribution is 2.51. The molecule has 92 valence electrons. The third kappa shape index (κ3) is 2.78. The summed E-state index contributed by atoms with van der Waals surface area (Å²) in [6, 6.07) is 7.84. The maximum absolute atomic E-state index is 10.8. The number of hydrogen-bond acceptors (Lipinski definition) is 2. The smallest absolute Gasteiger partial charge is 0.304 e. The molecule has 0 saturated heterocycles. The minimum absolute atomic E-state index is 0.109. The third-order valence-corrected chi connectivity index (χ3v) is 3.18. The van der Waals surface area contributed by atoms with Gasteiger partial charge in [-0.05, 0) is 44.4 Å². The molecule has 1 N–H and O–H groups in total. The Kier molecular flexibility index (Phi) is 3.09. The van der Waals surface area contributed by atoms with Crippen LogP contribution in [-0.4, -0.2) is 17.2 Å². The number of hydrogen-bond donors (Lipinski definition) is 1. The van der Waals surface area contributed by atoms with Crippen molar-refractivity contribution in [3.8, 4) is 5.75 Å². The van der Waals surface area contributed by atoms with Crippen molar-refractivity contribution in [2.75, 3.05) is 0 Å².